The van der Waals surface area contributed by atoms with Gasteiger partial charge in [0.1, 0.15) is 12.4 Å². The van der Waals surface area contributed by atoms with Gasteiger partial charge in [-0.1, -0.05) is 44.9 Å². The molecule has 2 atom stereocenters. The smallest absolute Gasteiger partial charge is 0.119 e. The lowest BCUT2D eigenvalue weighted by Crippen LogP contribution is -2.33. The summed E-state index contributed by atoms with van der Waals surface area (Å²) in [6, 6.07) is 10.5. The molecule has 1 N–H and O–H groups in total. The van der Waals surface area contributed by atoms with Gasteiger partial charge in [0, 0.05) is 6.04 Å². The van der Waals surface area contributed by atoms with Crippen molar-refractivity contribution in [3.8, 4) is 5.75 Å². The standard InChI is InChI=1S/C15H25NO/c1-4-8-13(2)11-14(16-3)12-17-15-9-6-5-7-10-15/h5-7,9-10,13-14,16H,4,8,11-12H2,1-3H3. The second-order valence-corrected chi connectivity index (χ2v) is 4.74. The molecule has 1 aromatic rings. The Morgan fingerprint density at radius 1 is 1.24 bits per heavy atom. The SMILES string of the molecule is CCCC(C)CC(COc1ccccc1)NC. The van der Waals surface area contributed by atoms with Crippen LogP contribution in [0.2, 0.25) is 0 Å². The fourth-order valence-electron chi connectivity index (χ4n) is 2.08. The monoisotopic (exact) mass is 235 g/mol. The highest BCUT2D eigenvalue weighted by atomic mass is 16.5. The van der Waals surface area contributed by atoms with Gasteiger partial charge in [-0.15, -0.1) is 0 Å². The number of hydrogen-bond acceptors (Lipinski definition) is 2. The van der Waals surface area contributed by atoms with Gasteiger partial charge in [0.25, 0.3) is 0 Å². The second kappa shape index (κ2) is 8.13. The van der Waals surface area contributed by atoms with Crippen LogP contribution in [0.25, 0.3) is 0 Å². The van der Waals surface area contributed by atoms with Crippen LogP contribution in [0.1, 0.15) is 33.1 Å². The number of benzene rings is 1. The number of hydrogen-bond donors (Lipinski definition) is 1. The molecular weight excluding hydrogens is 210 g/mol. The topological polar surface area (TPSA) is 21.3 Å². The summed E-state index contributed by atoms with van der Waals surface area (Å²) in [7, 11) is 2.01. The predicted octanol–water partition coefficient (Wildman–Crippen LogP) is 3.48. The minimum absolute atomic E-state index is 0.441. The van der Waals surface area contributed by atoms with E-state index in [1.54, 1.807) is 0 Å². The van der Waals surface area contributed by atoms with Crippen LogP contribution >= 0.6 is 0 Å². The van der Waals surface area contributed by atoms with Crippen LogP contribution in [0.15, 0.2) is 30.3 Å². The van der Waals surface area contributed by atoms with E-state index in [1.165, 1.54) is 19.3 Å². The Balaban J connectivity index is 2.32. The minimum Gasteiger partial charge on any atom is -0.492 e. The fraction of sp³-hybridized carbons (Fsp3) is 0.600. The first kappa shape index (κ1) is 14.0. The molecule has 0 heterocycles. The van der Waals surface area contributed by atoms with Crippen LogP contribution in [0.4, 0.5) is 0 Å². The van der Waals surface area contributed by atoms with E-state index in [1.807, 2.05) is 37.4 Å². The third-order valence-electron chi connectivity index (χ3n) is 3.07. The molecule has 0 saturated heterocycles. The summed E-state index contributed by atoms with van der Waals surface area (Å²) in [6.45, 7) is 5.30. The van der Waals surface area contributed by atoms with Crippen molar-refractivity contribution >= 4 is 0 Å². The van der Waals surface area contributed by atoms with E-state index in [0.29, 0.717) is 6.04 Å². The summed E-state index contributed by atoms with van der Waals surface area (Å²) >= 11 is 0. The molecule has 2 nitrogen and oxygen atoms in total. The summed E-state index contributed by atoms with van der Waals surface area (Å²) in [5.41, 5.74) is 0. The van der Waals surface area contributed by atoms with Crippen molar-refractivity contribution in [3.63, 3.8) is 0 Å². The molecule has 0 amide bonds. The number of para-hydroxylation sites is 1. The Morgan fingerprint density at radius 3 is 2.53 bits per heavy atom. The summed E-state index contributed by atoms with van der Waals surface area (Å²) in [5.74, 6) is 1.72. The van der Waals surface area contributed by atoms with Gasteiger partial charge in [-0.25, -0.2) is 0 Å². The van der Waals surface area contributed by atoms with E-state index in [9.17, 15) is 0 Å². The van der Waals surface area contributed by atoms with Crippen molar-refractivity contribution < 1.29 is 4.74 Å². The summed E-state index contributed by atoms with van der Waals surface area (Å²) < 4.78 is 5.78. The highest BCUT2D eigenvalue weighted by Crippen LogP contribution is 2.14. The van der Waals surface area contributed by atoms with Crippen molar-refractivity contribution in [2.24, 2.45) is 5.92 Å². The van der Waals surface area contributed by atoms with E-state index < -0.39 is 0 Å². The zero-order valence-electron chi connectivity index (χ0n) is 11.3. The lowest BCUT2D eigenvalue weighted by atomic mass is 9.98. The van der Waals surface area contributed by atoms with Crippen LogP contribution in [-0.4, -0.2) is 19.7 Å². The van der Waals surface area contributed by atoms with E-state index in [4.69, 9.17) is 4.74 Å². The number of likely N-dealkylation sites (N-methyl/N-ethyl adjacent to an activating group) is 1. The van der Waals surface area contributed by atoms with E-state index in [2.05, 4.69) is 19.2 Å². The van der Waals surface area contributed by atoms with Gasteiger partial charge in [-0.3, -0.25) is 0 Å². The Hall–Kier alpha value is -1.02. The minimum atomic E-state index is 0.441. The van der Waals surface area contributed by atoms with Gasteiger partial charge < -0.3 is 10.1 Å². The molecule has 0 radical (unpaired) electrons. The molecule has 2 unspecified atom stereocenters. The van der Waals surface area contributed by atoms with Crippen molar-refractivity contribution in [3.05, 3.63) is 30.3 Å². The van der Waals surface area contributed by atoms with Crippen LogP contribution in [0.5, 0.6) is 5.75 Å². The maximum atomic E-state index is 5.78. The molecule has 0 aliphatic carbocycles. The first-order valence-electron chi connectivity index (χ1n) is 6.61. The molecule has 96 valence electrons. The van der Waals surface area contributed by atoms with Crippen LogP contribution in [0.3, 0.4) is 0 Å². The summed E-state index contributed by atoms with van der Waals surface area (Å²) in [4.78, 5) is 0. The Morgan fingerprint density at radius 2 is 1.94 bits per heavy atom. The van der Waals surface area contributed by atoms with Crippen LogP contribution in [0, 0.1) is 5.92 Å². The molecule has 2 heteroatoms. The normalized spacial score (nSPS) is 14.3. The van der Waals surface area contributed by atoms with E-state index >= 15 is 0 Å². The average Bonchev–Trinajstić information content (AvgIpc) is 2.36. The second-order valence-electron chi connectivity index (χ2n) is 4.74. The lowest BCUT2D eigenvalue weighted by Gasteiger charge is -2.20. The van der Waals surface area contributed by atoms with Crippen LogP contribution in [-0.2, 0) is 0 Å². The van der Waals surface area contributed by atoms with Crippen molar-refractivity contribution in [2.75, 3.05) is 13.7 Å². The highest BCUT2D eigenvalue weighted by molar-refractivity contribution is 5.20. The summed E-state index contributed by atoms with van der Waals surface area (Å²) in [5, 5.41) is 3.34. The van der Waals surface area contributed by atoms with Crippen molar-refractivity contribution in [1.82, 2.24) is 5.32 Å². The largest absolute Gasteiger partial charge is 0.492 e. The zero-order valence-corrected chi connectivity index (χ0v) is 11.3. The Kier molecular flexibility index (Phi) is 6.71. The molecule has 1 aromatic carbocycles. The molecular formula is C15H25NO. The first-order chi connectivity index (χ1) is 8.26. The quantitative estimate of drug-likeness (QED) is 0.745. The number of nitrogens with one attached hydrogen (secondary N) is 1. The molecule has 1 rings (SSSR count). The van der Waals surface area contributed by atoms with Gasteiger partial charge in [0.05, 0.1) is 0 Å². The fourth-order valence-corrected chi connectivity index (χ4v) is 2.08. The predicted molar refractivity (Wildman–Crippen MR) is 73.5 cm³/mol. The molecule has 17 heavy (non-hydrogen) atoms. The van der Waals surface area contributed by atoms with Crippen molar-refractivity contribution in [1.29, 1.82) is 0 Å². The molecule has 0 aliphatic rings. The third-order valence-corrected chi connectivity index (χ3v) is 3.07. The zero-order chi connectivity index (χ0) is 12.5. The number of rotatable bonds is 8. The Bertz CT molecular complexity index is 286. The van der Waals surface area contributed by atoms with Crippen molar-refractivity contribution in [2.45, 2.75) is 39.2 Å². The molecule has 0 aromatic heterocycles. The third kappa shape index (κ3) is 5.73. The Labute approximate surface area is 105 Å². The maximum Gasteiger partial charge on any atom is 0.119 e. The molecule has 0 bridgehead atoms. The van der Waals surface area contributed by atoms with Gasteiger partial charge in [-0.2, -0.15) is 0 Å². The molecule has 0 spiro atoms. The lowest BCUT2D eigenvalue weighted by molar-refractivity contribution is 0.245. The van der Waals surface area contributed by atoms with E-state index in [-0.39, 0.29) is 0 Å². The molecule has 0 fully saturated rings. The summed E-state index contributed by atoms with van der Waals surface area (Å²) in [6.07, 6.45) is 3.73. The molecule has 0 aliphatic heterocycles. The van der Waals surface area contributed by atoms with Gasteiger partial charge in [0.15, 0.2) is 0 Å². The van der Waals surface area contributed by atoms with Crippen LogP contribution < -0.4 is 10.1 Å². The number of ether oxygens (including phenoxy) is 1. The maximum absolute atomic E-state index is 5.78. The highest BCUT2D eigenvalue weighted by Gasteiger charge is 2.11. The average molecular weight is 235 g/mol. The first-order valence-corrected chi connectivity index (χ1v) is 6.61. The van der Waals surface area contributed by atoms with Gasteiger partial charge >= 0.3 is 0 Å². The molecule has 0 saturated carbocycles. The van der Waals surface area contributed by atoms with E-state index in [0.717, 1.165) is 18.3 Å². The van der Waals surface area contributed by atoms with Gasteiger partial charge in [-0.05, 0) is 31.5 Å². The van der Waals surface area contributed by atoms with Gasteiger partial charge in [0.2, 0.25) is 0 Å².